The summed E-state index contributed by atoms with van der Waals surface area (Å²) in [7, 11) is 0. The highest BCUT2D eigenvalue weighted by Crippen LogP contribution is 2.24. The fourth-order valence-electron chi connectivity index (χ4n) is 0.711. The molecule has 2 aromatic rings. The largest absolute Gasteiger partial charge is 0.203 e. The van der Waals surface area contributed by atoms with E-state index < -0.39 is 0 Å². The molecule has 0 atom stereocenters. The molecule has 11 heavy (non-hydrogen) atoms. The zero-order chi connectivity index (χ0) is 7.68. The number of nitrogens with zero attached hydrogens (tertiary/aromatic N) is 2. The molecule has 0 spiro atoms. The Bertz CT molecular complexity index is 341. The molecule has 2 rings (SSSR count). The molecule has 5 heteroatoms. The van der Waals surface area contributed by atoms with Crippen LogP contribution >= 0.6 is 34.5 Å². The molecule has 0 N–H and O–H groups in total. The van der Waals surface area contributed by atoms with Crippen molar-refractivity contribution in [1.82, 2.24) is 9.36 Å². The van der Waals surface area contributed by atoms with Crippen LogP contribution in [0.25, 0.3) is 10.7 Å². The van der Waals surface area contributed by atoms with E-state index in [9.17, 15) is 0 Å². The average Bonchev–Trinajstić information content (AvgIpc) is 2.55. The summed E-state index contributed by atoms with van der Waals surface area (Å²) in [6.07, 6.45) is 0. The molecule has 56 valence electrons. The first kappa shape index (κ1) is 7.21. The molecule has 0 radical (unpaired) electrons. The number of hydrogen-bond donors (Lipinski definition) is 0. The van der Waals surface area contributed by atoms with E-state index in [1.807, 2.05) is 17.5 Å². The monoisotopic (exact) mass is 202 g/mol. The Labute approximate surface area is 76.7 Å². The van der Waals surface area contributed by atoms with Gasteiger partial charge in [0.05, 0.1) is 4.88 Å². The second kappa shape index (κ2) is 2.89. The van der Waals surface area contributed by atoms with Gasteiger partial charge in [0.1, 0.15) is 0 Å². The summed E-state index contributed by atoms with van der Waals surface area (Å²) < 4.78 is 4.56. The molecular weight excluding hydrogens is 200 g/mol. The van der Waals surface area contributed by atoms with E-state index in [0.29, 0.717) is 4.47 Å². The second-order valence-corrected chi connectivity index (χ2v) is 4.13. The fourth-order valence-corrected chi connectivity index (χ4v) is 2.04. The average molecular weight is 203 g/mol. The predicted octanol–water partition coefficient (Wildman–Crippen LogP) is 2.92. The molecular formula is C6H3ClN2S2. The third-order valence-electron chi connectivity index (χ3n) is 1.14. The lowest BCUT2D eigenvalue weighted by Crippen LogP contribution is -1.71. The van der Waals surface area contributed by atoms with Crippen LogP contribution in [0.3, 0.4) is 0 Å². The molecule has 2 nitrogen and oxygen atoms in total. The van der Waals surface area contributed by atoms with Crippen molar-refractivity contribution in [3.05, 3.63) is 22.0 Å². The highest BCUT2D eigenvalue weighted by molar-refractivity contribution is 7.14. The number of hydrogen-bond acceptors (Lipinski definition) is 4. The molecule has 0 saturated carbocycles. The maximum Gasteiger partial charge on any atom is 0.203 e. The number of thiophene rings is 1. The Morgan fingerprint density at radius 2 is 2.36 bits per heavy atom. The van der Waals surface area contributed by atoms with Crippen molar-refractivity contribution in [3.8, 4) is 10.7 Å². The van der Waals surface area contributed by atoms with Gasteiger partial charge < -0.3 is 0 Å². The van der Waals surface area contributed by atoms with Crippen molar-refractivity contribution in [3.63, 3.8) is 0 Å². The Kier molecular flexibility index (Phi) is 1.89. The molecule has 0 aliphatic carbocycles. The minimum absolute atomic E-state index is 0.494. The Morgan fingerprint density at radius 3 is 2.91 bits per heavy atom. The number of rotatable bonds is 1. The van der Waals surface area contributed by atoms with Gasteiger partial charge in [0.15, 0.2) is 5.82 Å². The van der Waals surface area contributed by atoms with Gasteiger partial charge in [-0.1, -0.05) is 6.07 Å². The minimum atomic E-state index is 0.494. The summed E-state index contributed by atoms with van der Waals surface area (Å²) in [5.74, 6) is 0.731. The molecule has 0 aliphatic rings. The van der Waals surface area contributed by atoms with Crippen molar-refractivity contribution in [2.24, 2.45) is 0 Å². The summed E-state index contributed by atoms with van der Waals surface area (Å²) in [6, 6.07) is 3.94. The third kappa shape index (κ3) is 1.42. The predicted molar refractivity (Wildman–Crippen MR) is 48.2 cm³/mol. The van der Waals surface area contributed by atoms with E-state index in [1.54, 1.807) is 11.3 Å². The first-order valence-corrected chi connectivity index (χ1v) is 4.92. The summed E-state index contributed by atoms with van der Waals surface area (Å²) in [5, 5.41) is 1.99. The fraction of sp³-hybridized carbons (Fsp3) is 0. The van der Waals surface area contributed by atoms with Crippen molar-refractivity contribution < 1.29 is 0 Å². The molecule has 0 bridgehead atoms. The first-order valence-electron chi connectivity index (χ1n) is 2.89. The highest BCUT2D eigenvalue weighted by Gasteiger charge is 2.04. The van der Waals surface area contributed by atoms with Gasteiger partial charge in [-0.3, -0.25) is 0 Å². The van der Waals surface area contributed by atoms with Gasteiger partial charge >= 0.3 is 0 Å². The molecule has 0 aliphatic heterocycles. The van der Waals surface area contributed by atoms with Crippen LogP contribution in [-0.2, 0) is 0 Å². The van der Waals surface area contributed by atoms with Crippen LogP contribution in [0.2, 0.25) is 4.47 Å². The third-order valence-corrected chi connectivity index (χ3v) is 2.81. The smallest absolute Gasteiger partial charge is 0.202 e. The van der Waals surface area contributed by atoms with Crippen molar-refractivity contribution in [2.75, 3.05) is 0 Å². The maximum atomic E-state index is 5.63. The lowest BCUT2D eigenvalue weighted by molar-refractivity contribution is 1.35. The maximum absolute atomic E-state index is 5.63. The van der Waals surface area contributed by atoms with Gasteiger partial charge in [-0.05, 0) is 34.6 Å². The van der Waals surface area contributed by atoms with Gasteiger partial charge in [-0.2, -0.15) is 4.37 Å². The summed E-state index contributed by atoms with van der Waals surface area (Å²) in [4.78, 5) is 5.10. The topological polar surface area (TPSA) is 25.8 Å². The number of aromatic nitrogens is 2. The van der Waals surface area contributed by atoms with Crippen LogP contribution in [-0.4, -0.2) is 9.36 Å². The Balaban J connectivity index is 2.45. The van der Waals surface area contributed by atoms with E-state index >= 15 is 0 Å². The van der Waals surface area contributed by atoms with E-state index in [4.69, 9.17) is 11.6 Å². The van der Waals surface area contributed by atoms with Crippen molar-refractivity contribution in [2.45, 2.75) is 0 Å². The zero-order valence-corrected chi connectivity index (χ0v) is 7.71. The van der Waals surface area contributed by atoms with Crippen LogP contribution in [0, 0.1) is 0 Å². The Hall–Kier alpha value is -0.450. The quantitative estimate of drug-likeness (QED) is 0.711. The molecule has 0 saturated heterocycles. The number of halogens is 1. The summed E-state index contributed by atoms with van der Waals surface area (Å²) in [5.41, 5.74) is 0. The second-order valence-electron chi connectivity index (χ2n) is 1.85. The van der Waals surface area contributed by atoms with Gasteiger partial charge in [0, 0.05) is 0 Å². The SMILES string of the molecule is Clc1nc(-c2cccs2)ns1. The van der Waals surface area contributed by atoms with Crippen LogP contribution in [0.4, 0.5) is 0 Å². The molecule has 0 aromatic carbocycles. The Morgan fingerprint density at radius 1 is 1.45 bits per heavy atom. The van der Waals surface area contributed by atoms with E-state index in [-0.39, 0.29) is 0 Å². The van der Waals surface area contributed by atoms with Crippen LogP contribution < -0.4 is 0 Å². The lowest BCUT2D eigenvalue weighted by Gasteiger charge is -1.82. The molecule has 0 unspecified atom stereocenters. The van der Waals surface area contributed by atoms with Crippen LogP contribution in [0.5, 0.6) is 0 Å². The van der Waals surface area contributed by atoms with Gasteiger partial charge in [-0.15, -0.1) is 11.3 Å². The molecule has 2 aromatic heterocycles. The van der Waals surface area contributed by atoms with Gasteiger partial charge in [-0.25, -0.2) is 4.98 Å². The molecule has 0 amide bonds. The normalized spacial score (nSPS) is 10.3. The van der Waals surface area contributed by atoms with Gasteiger partial charge in [0.25, 0.3) is 0 Å². The van der Waals surface area contributed by atoms with E-state index in [0.717, 1.165) is 10.7 Å². The van der Waals surface area contributed by atoms with E-state index in [2.05, 4.69) is 9.36 Å². The van der Waals surface area contributed by atoms with Crippen LogP contribution in [0.1, 0.15) is 0 Å². The summed E-state index contributed by atoms with van der Waals surface area (Å²) >= 11 is 8.45. The first-order chi connectivity index (χ1) is 5.36. The highest BCUT2D eigenvalue weighted by atomic mass is 35.5. The molecule has 2 heterocycles. The van der Waals surface area contributed by atoms with Crippen LogP contribution in [0.15, 0.2) is 17.5 Å². The van der Waals surface area contributed by atoms with Gasteiger partial charge in [0.2, 0.25) is 4.47 Å². The van der Waals surface area contributed by atoms with E-state index in [1.165, 1.54) is 11.5 Å². The lowest BCUT2D eigenvalue weighted by atomic mass is 10.5. The van der Waals surface area contributed by atoms with Crippen molar-refractivity contribution in [1.29, 1.82) is 0 Å². The molecule has 0 fully saturated rings. The van der Waals surface area contributed by atoms with Crippen molar-refractivity contribution >= 4 is 34.5 Å². The zero-order valence-electron chi connectivity index (χ0n) is 5.32. The standard InChI is InChI=1S/C6H3ClN2S2/c7-6-8-5(9-11-6)4-2-1-3-10-4/h1-3H. The minimum Gasteiger partial charge on any atom is -0.202 e. The summed E-state index contributed by atoms with van der Waals surface area (Å²) in [6.45, 7) is 0.